The number of carbonyl (C=O) groups excluding carboxylic acids is 1. The number of ether oxygens (including phenoxy) is 1. The van der Waals surface area contributed by atoms with Crippen LogP contribution in [0.3, 0.4) is 0 Å². The van der Waals surface area contributed by atoms with Gasteiger partial charge < -0.3 is 14.5 Å². The van der Waals surface area contributed by atoms with E-state index < -0.39 is 10.0 Å². The average molecular weight is 556 g/mol. The smallest absolute Gasteiger partial charge is 0.253 e. The molecule has 1 aliphatic heterocycles. The van der Waals surface area contributed by atoms with Gasteiger partial charge in [-0.3, -0.25) is 4.79 Å². The molecule has 0 atom stereocenters. The Morgan fingerprint density at radius 1 is 0.974 bits per heavy atom. The fraction of sp³-hybridized carbons (Fsp3) is 0.345. The molecule has 0 radical (unpaired) electrons. The van der Waals surface area contributed by atoms with Crippen LogP contribution in [0.15, 0.2) is 65.6 Å². The number of hydrogen-bond donors (Lipinski definition) is 0. The van der Waals surface area contributed by atoms with E-state index in [0.717, 1.165) is 16.8 Å². The van der Waals surface area contributed by atoms with Gasteiger partial charge in [-0.25, -0.2) is 8.42 Å². The predicted molar refractivity (Wildman–Crippen MR) is 152 cm³/mol. The summed E-state index contributed by atoms with van der Waals surface area (Å²) in [5, 5.41) is 0.695. The molecule has 202 valence electrons. The zero-order valence-corrected chi connectivity index (χ0v) is 23.8. The molecule has 0 spiro atoms. The molecule has 3 aromatic rings. The second-order valence-electron chi connectivity index (χ2n) is 9.54. The van der Waals surface area contributed by atoms with E-state index in [1.807, 2.05) is 36.9 Å². The van der Waals surface area contributed by atoms with Crippen molar-refractivity contribution >= 4 is 33.2 Å². The van der Waals surface area contributed by atoms with Crippen LogP contribution in [-0.4, -0.2) is 63.4 Å². The van der Waals surface area contributed by atoms with E-state index in [2.05, 4.69) is 11.8 Å². The number of aryl methyl sites for hydroxylation is 2. The van der Waals surface area contributed by atoms with Crippen molar-refractivity contribution in [3.63, 3.8) is 0 Å². The first kappa shape index (κ1) is 28.0. The van der Waals surface area contributed by atoms with E-state index >= 15 is 0 Å². The highest BCUT2D eigenvalue weighted by Crippen LogP contribution is 2.28. The molecule has 0 unspecified atom stereocenters. The Labute approximate surface area is 230 Å². The molecule has 3 aromatic carbocycles. The van der Waals surface area contributed by atoms with E-state index in [9.17, 15) is 13.2 Å². The Bertz CT molecular complexity index is 1400. The molecule has 9 heteroatoms. The highest BCUT2D eigenvalue weighted by Gasteiger charge is 2.26. The topological polar surface area (TPSA) is 70.2 Å². The summed E-state index contributed by atoms with van der Waals surface area (Å²) in [4.78, 5) is 17.7. The third kappa shape index (κ3) is 6.14. The van der Waals surface area contributed by atoms with Crippen molar-refractivity contribution in [2.75, 3.05) is 44.7 Å². The van der Waals surface area contributed by atoms with Gasteiger partial charge in [-0.2, -0.15) is 4.31 Å². The van der Waals surface area contributed by atoms with Crippen molar-refractivity contribution in [1.29, 1.82) is 0 Å². The van der Waals surface area contributed by atoms with Gasteiger partial charge in [0.25, 0.3) is 5.91 Å². The second-order valence-corrected chi connectivity index (χ2v) is 12.0. The molecule has 38 heavy (non-hydrogen) atoms. The van der Waals surface area contributed by atoms with Gasteiger partial charge in [0.1, 0.15) is 5.75 Å². The second kappa shape index (κ2) is 11.8. The summed E-state index contributed by atoms with van der Waals surface area (Å²) in [6.07, 6.45) is 0. The third-order valence-electron chi connectivity index (χ3n) is 6.81. The maximum atomic E-state index is 13.4. The van der Waals surface area contributed by atoms with Gasteiger partial charge in [0.05, 0.1) is 11.5 Å². The van der Waals surface area contributed by atoms with Gasteiger partial charge in [0.15, 0.2) is 0 Å². The van der Waals surface area contributed by atoms with Gasteiger partial charge in [0.2, 0.25) is 10.0 Å². The van der Waals surface area contributed by atoms with Crippen molar-refractivity contribution in [1.82, 2.24) is 9.21 Å². The normalized spacial score (nSPS) is 14.2. The van der Waals surface area contributed by atoms with Crippen LogP contribution in [0, 0.1) is 13.8 Å². The number of piperazine rings is 1. The molecule has 1 saturated heterocycles. The van der Waals surface area contributed by atoms with E-state index in [0.29, 0.717) is 54.7 Å². The number of anilines is 1. The number of benzene rings is 3. The fourth-order valence-electron chi connectivity index (χ4n) is 4.60. The maximum Gasteiger partial charge on any atom is 0.253 e. The number of nitrogens with zero attached hydrogens (tertiary/aromatic N) is 3. The molecule has 1 fully saturated rings. The first-order valence-electron chi connectivity index (χ1n) is 12.7. The standard InChI is InChI=1S/C29H34ClN3O4S/c1-5-37-28-13-9-23(18-24(28)20-31(4)38(35,36)26-11-6-21(2)7-12-26)29(34)33-16-14-32(15-17-33)27-19-25(30)10-8-22(27)3/h6-13,18-19H,5,14-17,20H2,1-4H3. The lowest BCUT2D eigenvalue weighted by Gasteiger charge is -2.37. The molecular formula is C29H34ClN3O4S. The summed E-state index contributed by atoms with van der Waals surface area (Å²) in [6, 6.07) is 17.9. The van der Waals surface area contributed by atoms with E-state index in [1.54, 1.807) is 42.5 Å². The van der Waals surface area contributed by atoms with Crippen LogP contribution in [0.5, 0.6) is 5.75 Å². The number of amides is 1. The Kier molecular flexibility index (Phi) is 8.65. The van der Waals surface area contributed by atoms with Crippen molar-refractivity contribution in [2.24, 2.45) is 0 Å². The molecule has 0 aromatic heterocycles. The highest BCUT2D eigenvalue weighted by molar-refractivity contribution is 7.89. The monoisotopic (exact) mass is 555 g/mol. The van der Waals surface area contributed by atoms with E-state index in [-0.39, 0.29) is 17.3 Å². The Morgan fingerprint density at radius 2 is 1.66 bits per heavy atom. The van der Waals surface area contributed by atoms with Gasteiger partial charge in [-0.05, 0) is 68.8 Å². The largest absolute Gasteiger partial charge is 0.494 e. The number of rotatable bonds is 8. The van der Waals surface area contributed by atoms with Crippen LogP contribution in [0.2, 0.25) is 5.02 Å². The Balaban J connectivity index is 1.50. The first-order chi connectivity index (χ1) is 18.1. The molecule has 0 saturated carbocycles. The van der Waals surface area contributed by atoms with Crippen molar-refractivity contribution in [3.8, 4) is 5.75 Å². The zero-order valence-electron chi connectivity index (χ0n) is 22.3. The SMILES string of the molecule is CCOc1ccc(C(=O)N2CCN(c3cc(Cl)ccc3C)CC2)cc1CN(C)S(=O)(=O)c1ccc(C)cc1. The van der Waals surface area contributed by atoms with Gasteiger partial charge >= 0.3 is 0 Å². The van der Waals surface area contributed by atoms with Gasteiger partial charge in [0, 0.05) is 61.6 Å². The summed E-state index contributed by atoms with van der Waals surface area (Å²) in [7, 11) is -2.17. The van der Waals surface area contributed by atoms with Crippen LogP contribution in [-0.2, 0) is 16.6 Å². The number of sulfonamides is 1. The molecule has 1 amide bonds. The molecular weight excluding hydrogens is 522 g/mol. The van der Waals surface area contributed by atoms with Crippen LogP contribution in [0.25, 0.3) is 0 Å². The van der Waals surface area contributed by atoms with Crippen molar-refractivity contribution in [3.05, 3.63) is 87.9 Å². The molecule has 7 nitrogen and oxygen atoms in total. The third-order valence-corrected chi connectivity index (χ3v) is 8.86. The molecule has 0 aliphatic carbocycles. The van der Waals surface area contributed by atoms with Crippen LogP contribution >= 0.6 is 11.6 Å². The number of carbonyl (C=O) groups is 1. The summed E-state index contributed by atoms with van der Waals surface area (Å²) in [6.45, 7) is 8.91. The average Bonchev–Trinajstić information content (AvgIpc) is 2.91. The van der Waals surface area contributed by atoms with Crippen LogP contribution in [0.1, 0.15) is 34.0 Å². The van der Waals surface area contributed by atoms with E-state index in [1.165, 1.54) is 11.4 Å². The van der Waals surface area contributed by atoms with Crippen LogP contribution in [0.4, 0.5) is 5.69 Å². The molecule has 1 aliphatic rings. The summed E-state index contributed by atoms with van der Waals surface area (Å²) >= 11 is 6.21. The minimum atomic E-state index is -3.71. The lowest BCUT2D eigenvalue weighted by Crippen LogP contribution is -2.49. The quantitative estimate of drug-likeness (QED) is 0.385. The number of halogens is 1. The molecule has 0 bridgehead atoms. The summed E-state index contributed by atoms with van der Waals surface area (Å²) in [5.41, 5.74) is 4.38. The minimum Gasteiger partial charge on any atom is -0.494 e. The lowest BCUT2D eigenvalue weighted by atomic mass is 10.1. The number of hydrogen-bond acceptors (Lipinski definition) is 5. The zero-order chi connectivity index (χ0) is 27.4. The van der Waals surface area contributed by atoms with Crippen LogP contribution < -0.4 is 9.64 Å². The van der Waals surface area contributed by atoms with E-state index in [4.69, 9.17) is 16.3 Å². The minimum absolute atomic E-state index is 0.0779. The fourth-order valence-corrected chi connectivity index (χ4v) is 5.92. The molecule has 1 heterocycles. The lowest BCUT2D eigenvalue weighted by molar-refractivity contribution is 0.0746. The molecule has 4 rings (SSSR count). The van der Waals surface area contributed by atoms with Gasteiger partial charge in [-0.1, -0.05) is 35.4 Å². The molecule has 0 N–H and O–H groups in total. The van der Waals surface area contributed by atoms with Crippen molar-refractivity contribution < 1.29 is 17.9 Å². The summed E-state index contributed by atoms with van der Waals surface area (Å²) in [5.74, 6) is 0.483. The Morgan fingerprint density at radius 3 is 2.32 bits per heavy atom. The highest BCUT2D eigenvalue weighted by atomic mass is 35.5. The Hall–Kier alpha value is -3.07. The van der Waals surface area contributed by atoms with Gasteiger partial charge in [-0.15, -0.1) is 0 Å². The maximum absolute atomic E-state index is 13.4. The predicted octanol–water partition coefficient (Wildman–Crippen LogP) is 5.14. The van der Waals surface area contributed by atoms with Crippen molar-refractivity contribution in [2.45, 2.75) is 32.2 Å². The summed E-state index contributed by atoms with van der Waals surface area (Å²) < 4.78 is 33.4. The first-order valence-corrected chi connectivity index (χ1v) is 14.5.